The molecule has 0 radical (unpaired) electrons. The molecule has 0 spiro atoms. The molecule has 1 heterocycles. The van der Waals surface area contributed by atoms with Crippen LogP contribution in [0.15, 0.2) is 0 Å². The first-order valence-corrected chi connectivity index (χ1v) is 6.92. The fraction of sp³-hybridized carbons (Fsp3) is 0.769. The zero-order chi connectivity index (χ0) is 15.8. The minimum Gasteiger partial charge on any atom is -0.480 e. The van der Waals surface area contributed by atoms with Crippen LogP contribution in [0.25, 0.3) is 0 Å². The van der Waals surface area contributed by atoms with E-state index in [0.717, 1.165) is 12.8 Å². The number of rotatable bonds is 7. The van der Waals surface area contributed by atoms with Crippen molar-refractivity contribution in [1.29, 1.82) is 0 Å². The average Bonchev–Trinajstić information content (AvgIpc) is 2.96. The molecule has 3 N–H and O–H groups in total. The number of hydrogen-bond donors (Lipinski definition) is 3. The molecule has 1 aliphatic heterocycles. The van der Waals surface area contributed by atoms with Crippen molar-refractivity contribution in [3.63, 3.8) is 0 Å². The highest BCUT2D eigenvalue weighted by molar-refractivity contribution is 5.83. The third-order valence-electron chi connectivity index (χ3n) is 3.35. The number of carboxylic acids is 1. The van der Waals surface area contributed by atoms with Crippen molar-refractivity contribution in [2.24, 2.45) is 0 Å². The van der Waals surface area contributed by atoms with E-state index in [1.165, 1.54) is 7.11 Å². The molecule has 21 heavy (non-hydrogen) atoms. The summed E-state index contributed by atoms with van der Waals surface area (Å²) >= 11 is 0. The summed E-state index contributed by atoms with van der Waals surface area (Å²) in [5.41, 5.74) is 0. The van der Waals surface area contributed by atoms with E-state index in [2.05, 4.69) is 15.4 Å². The van der Waals surface area contributed by atoms with Crippen LogP contribution in [-0.4, -0.2) is 55.0 Å². The van der Waals surface area contributed by atoms with Crippen molar-refractivity contribution in [2.75, 3.05) is 13.7 Å². The summed E-state index contributed by atoms with van der Waals surface area (Å²) in [6.45, 7) is 2.48. The van der Waals surface area contributed by atoms with Crippen LogP contribution in [0.5, 0.6) is 0 Å². The van der Waals surface area contributed by atoms with Crippen LogP contribution in [-0.2, 0) is 19.1 Å². The summed E-state index contributed by atoms with van der Waals surface area (Å²) in [7, 11) is 1.22. The Morgan fingerprint density at radius 3 is 2.62 bits per heavy atom. The minimum absolute atomic E-state index is 0.0241. The number of nitrogens with one attached hydrogen (secondary N) is 2. The molecular formula is C13H22N2O6. The van der Waals surface area contributed by atoms with Gasteiger partial charge in [0.2, 0.25) is 0 Å². The molecule has 8 nitrogen and oxygen atoms in total. The predicted octanol–water partition coefficient (Wildman–Crippen LogP) is 0.260. The Labute approximate surface area is 123 Å². The topological polar surface area (TPSA) is 114 Å². The van der Waals surface area contributed by atoms with Crippen molar-refractivity contribution in [2.45, 2.75) is 50.8 Å². The van der Waals surface area contributed by atoms with E-state index in [1.807, 2.05) is 0 Å². The van der Waals surface area contributed by atoms with Crippen LogP contribution >= 0.6 is 0 Å². The Bertz CT molecular complexity index is 381. The first-order valence-electron chi connectivity index (χ1n) is 6.92. The van der Waals surface area contributed by atoms with Gasteiger partial charge >= 0.3 is 18.0 Å². The van der Waals surface area contributed by atoms with Gasteiger partial charge in [0.05, 0.1) is 19.3 Å². The molecule has 120 valence electrons. The SMILES string of the molecule is COC(=O)CC[C@H](NC(=O)NC(C)C1CCCO1)C(=O)O. The van der Waals surface area contributed by atoms with Crippen molar-refractivity contribution in [3.05, 3.63) is 0 Å². The quantitative estimate of drug-likeness (QED) is 0.581. The highest BCUT2D eigenvalue weighted by Gasteiger charge is 2.26. The Morgan fingerprint density at radius 2 is 2.10 bits per heavy atom. The van der Waals surface area contributed by atoms with Gasteiger partial charge in [0.25, 0.3) is 0 Å². The smallest absolute Gasteiger partial charge is 0.326 e. The lowest BCUT2D eigenvalue weighted by Gasteiger charge is -2.22. The van der Waals surface area contributed by atoms with E-state index >= 15 is 0 Å². The summed E-state index contributed by atoms with van der Waals surface area (Å²) in [6.07, 6.45) is 1.68. The molecule has 0 aliphatic carbocycles. The number of hydrogen-bond acceptors (Lipinski definition) is 5. The maximum absolute atomic E-state index is 11.8. The van der Waals surface area contributed by atoms with Crippen LogP contribution in [0.2, 0.25) is 0 Å². The normalized spacial score (nSPS) is 20.4. The lowest BCUT2D eigenvalue weighted by atomic mass is 10.1. The van der Waals surface area contributed by atoms with E-state index in [-0.39, 0.29) is 25.0 Å². The molecular weight excluding hydrogens is 280 g/mol. The second-order valence-electron chi connectivity index (χ2n) is 4.96. The summed E-state index contributed by atoms with van der Waals surface area (Å²) in [6, 6.07) is -1.93. The number of urea groups is 1. The van der Waals surface area contributed by atoms with Crippen LogP contribution in [0.4, 0.5) is 4.79 Å². The number of amides is 2. The highest BCUT2D eigenvalue weighted by Crippen LogP contribution is 2.15. The van der Waals surface area contributed by atoms with E-state index in [4.69, 9.17) is 9.84 Å². The highest BCUT2D eigenvalue weighted by atomic mass is 16.5. The van der Waals surface area contributed by atoms with Gasteiger partial charge < -0.3 is 25.2 Å². The average molecular weight is 302 g/mol. The lowest BCUT2D eigenvalue weighted by Crippen LogP contribution is -2.51. The van der Waals surface area contributed by atoms with Gasteiger partial charge in [-0.05, 0) is 26.2 Å². The molecule has 0 saturated carbocycles. The number of esters is 1. The van der Waals surface area contributed by atoms with E-state index in [0.29, 0.717) is 6.61 Å². The van der Waals surface area contributed by atoms with Crippen LogP contribution in [0, 0.1) is 0 Å². The summed E-state index contributed by atoms with van der Waals surface area (Å²) in [4.78, 5) is 33.9. The molecule has 0 aromatic carbocycles. The maximum atomic E-state index is 11.8. The molecule has 1 fully saturated rings. The maximum Gasteiger partial charge on any atom is 0.326 e. The van der Waals surface area contributed by atoms with Crippen LogP contribution < -0.4 is 10.6 Å². The van der Waals surface area contributed by atoms with Gasteiger partial charge in [-0.1, -0.05) is 0 Å². The first-order chi connectivity index (χ1) is 9.93. The molecule has 2 unspecified atom stereocenters. The molecule has 1 aliphatic rings. The Balaban J connectivity index is 2.40. The number of aliphatic carboxylic acids is 1. The number of carboxylic acid groups (broad SMARTS) is 1. The van der Waals surface area contributed by atoms with Gasteiger partial charge in [0.1, 0.15) is 6.04 Å². The number of ether oxygens (including phenoxy) is 2. The monoisotopic (exact) mass is 302 g/mol. The van der Waals surface area contributed by atoms with E-state index in [1.54, 1.807) is 6.92 Å². The molecule has 8 heteroatoms. The second kappa shape index (κ2) is 8.46. The lowest BCUT2D eigenvalue weighted by molar-refractivity contribution is -0.142. The number of carbonyl (C=O) groups excluding carboxylic acids is 2. The van der Waals surface area contributed by atoms with E-state index in [9.17, 15) is 14.4 Å². The van der Waals surface area contributed by atoms with Gasteiger partial charge in [0.15, 0.2) is 0 Å². The van der Waals surface area contributed by atoms with Gasteiger partial charge in [-0.15, -0.1) is 0 Å². The van der Waals surface area contributed by atoms with Crippen molar-refractivity contribution < 1.29 is 29.0 Å². The van der Waals surface area contributed by atoms with Crippen LogP contribution in [0.1, 0.15) is 32.6 Å². The summed E-state index contributed by atoms with van der Waals surface area (Å²) in [5, 5.41) is 14.0. The van der Waals surface area contributed by atoms with E-state index < -0.39 is 24.0 Å². The molecule has 0 bridgehead atoms. The predicted molar refractivity (Wildman–Crippen MR) is 72.8 cm³/mol. The molecule has 0 aromatic rings. The van der Waals surface area contributed by atoms with Gasteiger partial charge in [0, 0.05) is 13.0 Å². The van der Waals surface area contributed by atoms with Crippen molar-refractivity contribution >= 4 is 18.0 Å². The summed E-state index contributed by atoms with van der Waals surface area (Å²) in [5.74, 6) is -1.71. The van der Waals surface area contributed by atoms with Crippen molar-refractivity contribution in [1.82, 2.24) is 10.6 Å². The first kappa shape index (κ1) is 17.2. The third-order valence-corrected chi connectivity index (χ3v) is 3.35. The fourth-order valence-electron chi connectivity index (χ4n) is 2.12. The van der Waals surface area contributed by atoms with Gasteiger partial charge in [-0.25, -0.2) is 9.59 Å². The Morgan fingerprint density at radius 1 is 1.38 bits per heavy atom. The van der Waals surface area contributed by atoms with Crippen molar-refractivity contribution in [3.8, 4) is 0 Å². The number of carbonyl (C=O) groups is 3. The Kier molecular flexibility index (Phi) is 6.93. The van der Waals surface area contributed by atoms with Gasteiger partial charge in [-0.2, -0.15) is 0 Å². The zero-order valence-corrected chi connectivity index (χ0v) is 12.3. The largest absolute Gasteiger partial charge is 0.480 e. The Hall–Kier alpha value is -1.83. The molecule has 1 rings (SSSR count). The zero-order valence-electron chi connectivity index (χ0n) is 12.3. The molecule has 0 aromatic heterocycles. The van der Waals surface area contributed by atoms with Gasteiger partial charge in [-0.3, -0.25) is 4.79 Å². The molecule has 3 atom stereocenters. The standard InChI is InChI=1S/C13H22N2O6/c1-8(10-4-3-7-21-10)14-13(19)15-9(12(17)18)5-6-11(16)20-2/h8-10H,3-7H2,1-2H3,(H,17,18)(H2,14,15,19)/t8?,9-,10?/m0/s1. The molecule has 1 saturated heterocycles. The fourth-order valence-corrected chi connectivity index (χ4v) is 2.12. The van der Waals surface area contributed by atoms with Crippen LogP contribution in [0.3, 0.4) is 0 Å². The number of methoxy groups -OCH3 is 1. The summed E-state index contributed by atoms with van der Waals surface area (Å²) < 4.78 is 9.88. The second-order valence-corrected chi connectivity index (χ2v) is 4.96. The minimum atomic E-state index is -1.20. The third kappa shape index (κ3) is 5.99. The molecule has 2 amide bonds.